The van der Waals surface area contributed by atoms with Gasteiger partial charge in [-0.15, -0.1) is 0 Å². The second-order valence-corrected chi connectivity index (χ2v) is 9.23. The molecule has 0 spiro atoms. The molecular formula is C19H42NO3S+. The van der Waals surface area contributed by atoms with Gasteiger partial charge < -0.3 is 4.48 Å². The largest absolute Gasteiger partial charge is 0.326 e. The summed E-state index contributed by atoms with van der Waals surface area (Å²) >= 11 is 0. The molecule has 0 aromatic carbocycles. The molecule has 146 valence electrons. The summed E-state index contributed by atoms with van der Waals surface area (Å²) < 4.78 is 27.2. The van der Waals surface area contributed by atoms with E-state index in [1.54, 1.807) is 0 Å². The first-order valence-electron chi connectivity index (χ1n) is 10.0. The number of hydrogen-bond acceptors (Lipinski definition) is 2. The second kappa shape index (κ2) is 14.1. The number of likely N-dealkylation sites (tertiary alicyclic amines) is 1. The molecule has 4 nitrogen and oxygen atoms in total. The summed E-state index contributed by atoms with van der Waals surface area (Å²) in [5.74, 6) is 0. The predicted molar refractivity (Wildman–Crippen MR) is 104 cm³/mol. The van der Waals surface area contributed by atoms with Crippen molar-refractivity contribution in [1.82, 2.24) is 0 Å². The van der Waals surface area contributed by atoms with Crippen molar-refractivity contribution in [1.29, 1.82) is 0 Å². The molecule has 0 radical (unpaired) electrons. The van der Waals surface area contributed by atoms with Gasteiger partial charge in [0.1, 0.15) is 0 Å². The molecule has 5 heteroatoms. The molecule has 1 rings (SSSR count). The van der Waals surface area contributed by atoms with E-state index >= 15 is 0 Å². The number of hydrogen-bond donors (Lipinski definition) is 1. The van der Waals surface area contributed by atoms with Crippen LogP contribution in [-0.4, -0.2) is 50.4 Å². The van der Waals surface area contributed by atoms with Crippen LogP contribution in [0.2, 0.25) is 0 Å². The molecule has 1 N–H and O–H groups in total. The third-order valence-corrected chi connectivity index (χ3v) is 4.95. The first kappa shape index (κ1) is 23.9. The van der Waals surface area contributed by atoms with Crippen LogP contribution in [0.4, 0.5) is 0 Å². The van der Waals surface area contributed by atoms with Crippen LogP contribution in [0.25, 0.3) is 0 Å². The van der Waals surface area contributed by atoms with Gasteiger partial charge in [-0.3, -0.25) is 4.55 Å². The Bertz CT molecular complexity index is 368. The normalized spacial score (nSPS) is 17.2. The molecule has 0 unspecified atom stereocenters. The zero-order valence-corrected chi connectivity index (χ0v) is 17.2. The van der Waals surface area contributed by atoms with Crippen LogP contribution in [0, 0.1) is 0 Å². The van der Waals surface area contributed by atoms with Crippen molar-refractivity contribution in [3.8, 4) is 0 Å². The lowest BCUT2D eigenvalue weighted by Crippen LogP contribution is -2.48. The highest BCUT2D eigenvalue weighted by Gasteiger charge is 2.23. The molecule has 24 heavy (non-hydrogen) atoms. The van der Waals surface area contributed by atoms with Gasteiger partial charge in [-0.2, -0.15) is 8.42 Å². The van der Waals surface area contributed by atoms with E-state index in [0.717, 1.165) is 0 Å². The van der Waals surface area contributed by atoms with Crippen molar-refractivity contribution >= 4 is 10.1 Å². The van der Waals surface area contributed by atoms with Gasteiger partial charge in [0, 0.05) is 0 Å². The third-order valence-electron chi connectivity index (χ3n) is 4.95. The Morgan fingerprint density at radius 3 is 1.58 bits per heavy atom. The summed E-state index contributed by atoms with van der Waals surface area (Å²) in [6, 6.07) is 0. The van der Waals surface area contributed by atoms with Crippen LogP contribution in [0.3, 0.4) is 0 Å². The van der Waals surface area contributed by atoms with Crippen molar-refractivity contribution in [3.63, 3.8) is 0 Å². The number of quaternary nitrogens is 1. The Hall–Kier alpha value is -0.130. The lowest BCUT2D eigenvalue weighted by Gasteiger charge is -2.37. The minimum Gasteiger partial charge on any atom is -0.326 e. The Morgan fingerprint density at radius 2 is 1.17 bits per heavy atom. The molecule has 0 aromatic rings. The summed E-state index contributed by atoms with van der Waals surface area (Å²) in [6.07, 6.45) is 19.7. The molecular weight excluding hydrogens is 322 g/mol. The first-order chi connectivity index (χ1) is 11.3. The van der Waals surface area contributed by atoms with Crippen LogP contribution in [0.1, 0.15) is 90.4 Å². The average Bonchev–Trinajstić information content (AvgIpc) is 2.48. The van der Waals surface area contributed by atoms with Crippen molar-refractivity contribution < 1.29 is 17.5 Å². The highest BCUT2D eigenvalue weighted by Crippen LogP contribution is 2.18. The zero-order valence-electron chi connectivity index (χ0n) is 16.4. The van der Waals surface area contributed by atoms with Gasteiger partial charge in [0.25, 0.3) is 10.1 Å². The maximum Gasteiger partial charge on any atom is 0.261 e. The first-order valence-corrected chi connectivity index (χ1v) is 11.9. The molecule has 1 heterocycles. The molecule has 0 bridgehead atoms. The van der Waals surface area contributed by atoms with Gasteiger partial charge >= 0.3 is 0 Å². The van der Waals surface area contributed by atoms with Crippen LogP contribution in [0.5, 0.6) is 0 Å². The number of rotatable bonds is 11. The molecule has 0 atom stereocenters. The number of nitrogens with zero attached hydrogens (tertiary/aromatic N) is 1. The van der Waals surface area contributed by atoms with E-state index in [9.17, 15) is 8.42 Å². The summed E-state index contributed by atoms with van der Waals surface area (Å²) in [6.45, 7) is 6.62. The van der Waals surface area contributed by atoms with Crippen molar-refractivity contribution in [2.24, 2.45) is 0 Å². The quantitative estimate of drug-likeness (QED) is 0.317. The number of piperidine rings is 1. The highest BCUT2D eigenvalue weighted by atomic mass is 32.2. The zero-order chi connectivity index (χ0) is 18.3. The minimum atomic E-state index is -3.67. The smallest absolute Gasteiger partial charge is 0.261 e. The lowest BCUT2D eigenvalue weighted by atomic mass is 10.0. The van der Waals surface area contributed by atoms with E-state index in [4.69, 9.17) is 4.55 Å². The molecule has 1 saturated heterocycles. The van der Waals surface area contributed by atoms with E-state index in [2.05, 4.69) is 14.0 Å². The molecule has 0 aromatic heterocycles. The Labute approximate surface area is 151 Å². The fraction of sp³-hybridized carbons (Fsp3) is 1.00. The van der Waals surface area contributed by atoms with Crippen molar-refractivity contribution in [3.05, 3.63) is 0 Å². The molecule has 1 fully saturated rings. The maximum absolute atomic E-state index is 9.19. The third kappa shape index (κ3) is 18.2. The Kier molecular flexibility index (Phi) is 14.0. The molecule has 1 aliphatic rings. The molecule has 0 aliphatic carbocycles. The molecule has 0 saturated carbocycles. The van der Waals surface area contributed by atoms with E-state index < -0.39 is 10.1 Å². The standard InChI is InChI=1S/C18H38N.CH4O3S/c1-3-4-5-6-7-8-9-10-11-13-16-19(2)17-14-12-15-18-19;1-5(2,3)4/h3-18H2,1-2H3;1H3,(H,2,3,4)/q+1;. The minimum absolute atomic E-state index is 0.715. The molecule has 0 amide bonds. The predicted octanol–water partition coefficient (Wildman–Crippen LogP) is 5.04. The van der Waals surface area contributed by atoms with Crippen LogP contribution in [0.15, 0.2) is 0 Å². The van der Waals surface area contributed by atoms with Gasteiger partial charge in [-0.05, 0) is 32.1 Å². The van der Waals surface area contributed by atoms with Gasteiger partial charge in [-0.25, -0.2) is 0 Å². The van der Waals surface area contributed by atoms with Crippen LogP contribution < -0.4 is 0 Å². The summed E-state index contributed by atoms with van der Waals surface area (Å²) in [5, 5.41) is 0. The van der Waals surface area contributed by atoms with E-state index in [-0.39, 0.29) is 0 Å². The lowest BCUT2D eigenvalue weighted by molar-refractivity contribution is -0.914. The van der Waals surface area contributed by atoms with E-state index in [1.807, 2.05) is 0 Å². The van der Waals surface area contributed by atoms with Crippen molar-refractivity contribution in [2.45, 2.75) is 90.4 Å². The van der Waals surface area contributed by atoms with E-state index in [1.165, 1.54) is 108 Å². The summed E-state index contributed by atoms with van der Waals surface area (Å²) in [7, 11) is -1.19. The topological polar surface area (TPSA) is 54.4 Å². The van der Waals surface area contributed by atoms with Gasteiger partial charge in [-0.1, -0.05) is 58.3 Å². The van der Waals surface area contributed by atoms with Gasteiger partial charge in [0.15, 0.2) is 0 Å². The monoisotopic (exact) mass is 364 g/mol. The fourth-order valence-corrected chi connectivity index (χ4v) is 3.48. The summed E-state index contributed by atoms with van der Waals surface area (Å²) in [4.78, 5) is 0. The van der Waals surface area contributed by atoms with Gasteiger partial charge in [0.05, 0.1) is 32.9 Å². The number of unbranched alkanes of at least 4 members (excludes halogenated alkanes) is 9. The molecule has 1 aliphatic heterocycles. The highest BCUT2D eigenvalue weighted by molar-refractivity contribution is 7.85. The second-order valence-electron chi connectivity index (χ2n) is 7.77. The fourth-order valence-electron chi connectivity index (χ4n) is 3.48. The Balaban J connectivity index is 0.000000922. The summed E-state index contributed by atoms with van der Waals surface area (Å²) in [5.41, 5.74) is 0. The average molecular weight is 365 g/mol. The maximum atomic E-state index is 9.19. The Morgan fingerprint density at radius 1 is 0.792 bits per heavy atom. The van der Waals surface area contributed by atoms with Crippen molar-refractivity contribution in [2.75, 3.05) is 32.9 Å². The van der Waals surface area contributed by atoms with Crippen LogP contribution in [-0.2, 0) is 10.1 Å². The van der Waals surface area contributed by atoms with Crippen LogP contribution >= 0.6 is 0 Å². The van der Waals surface area contributed by atoms with E-state index in [0.29, 0.717) is 6.26 Å². The SMILES string of the molecule is CCCCCCCCCCCC[N+]1(C)CCCCC1.CS(=O)(=O)O. The van der Waals surface area contributed by atoms with Gasteiger partial charge in [0.2, 0.25) is 0 Å².